The summed E-state index contributed by atoms with van der Waals surface area (Å²) in [6.45, 7) is 4.95. The largest absolute Gasteiger partial charge is 0.278 e. The molecule has 0 aromatic rings. The topological polar surface area (TPSA) is 23.6 Å². The fourth-order valence-electron chi connectivity index (χ4n) is 1.23. The van der Waals surface area contributed by atoms with Gasteiger partial charge >= 0.3 is 0 Å². The van der Waals surface area contributed by atoms with Gasteiger partial charge in [-0.3, -0.25) is 9.80 Å². The van der Waals surface area contributed by atoms with Crippen LogP contribution in [0.15, 0.2) is 0 Å². The lowest BCUT2D eigenvalue weighted by Crippen LogP contribution is -2.39. The number of hydrazine groups is 1. The molecule has 0 atom stereocenters. The molecule has 0 bridgehead atoms. The van der Waals surface area contributed by atoms with E-state index in [0.717, 1.165) is 13.0 Å². The van der Waals surface area contributed by atoms with Crippen molar-refractivity contribution in [3.63, 3.8) is 0 Å². The predicted molar refractivity (Wildman–Crippen MR) is 43.3 cm³/mol. The monoisotopic (exact) mass is 155 g/mol. The van der Waals surface area contributed by atoms with E-state index in [1.54, 1.807) is 5.01 Å². The van der Waals surface area contributed by atoms with Crippen LogP contribution < -0.4 is 0 Å². The van der Waals surface area contributed by atoms with Gasteiger partial charge in [-0.15, -0.1) is 0 Å². The Kier molecular flexibility index (Phi) is 2.88. The molecule has 1 aliphatic heterocycles. The van der Waals surface area contributed by atoms with Crippen LogP contribution in [0.2, 0.25) is 0 Å². The Balaban J connectivity index is 2.39. The fraction of sp³-hybridized carbons (Fsp3) is 0.750. The summed E-state index contributed by atoms with van der Waals surface area (Å²) in [5.74, 6) is 0.183. The first-order valence-corrected chi connectivity index (χ1v) is 4.12. The van der Waals surface area contributed by atoms with E-state index in [2.05, 4.69) is 6.54 Å². The van der Waals surface area contributed by atoms with Crippen LogP contribution in [0.4, 0.5) is 0 Å². The zero-order valence-electron chi connectivity index (χ0n) is 7.21. The van der Waals surface area contributed by atoms with Crippen LogP contribution in [0.25, 0.3) is 0 Å². The lowest BCUT2D eigenvalue weighted by Gasteiger charge is -2.26. The number of rotatable bonds is 2. The molecule has 0 saturated carbocycles. The van der Waals surface area contributed by atoms with Crippen LogP contribution in [0, 0.1) is 6.54 Å². The second-order valence-corrected chi connectivity index (χ2v) is 2.76. The van der Waals surface area contributed by atoms with Gasteiger partial charge < -0.3 is 0 Å². The van der Waals surface area contributed by atoms with Gasteiger partial charge in [0.05, 0.1) is 0 Å². The summed E-state index contributed by atoms with van der Waals surface area (Å²) in [5.41, 5.74) is 0. The average Bonchev–Trinajstić information content (AvgIpc) is 2.53. The molecule has 3 nitrogen and oxygen atoms in total. The van der Waals surface area contributed by atoms with E-state index in [1.165, 1.54) is 6.42 Å². The van der Waals surface area contributed by atoms with Gasteiger partial charge in [0.15, 0.2) is 0 Å². The lowest BCUT2D eigenvalue weighted by atomic mass is 10.4. The first-order chi connectivity index (χ1) is 5.25. The van der Waals surface area contributed by atoms with Gasteiger partial charge in [0.2, 0.25) is 5.91 Å². The van der Waals surface area contributed by atoms with Crippen molar-refractivity contribution in [3.05, 3.63) is 6.54 Å². The van der Waals surface area contributed by atoms with E-state index in [4.69, 9.17) is 0 Å². The molecule has 0 aromatic carbocycles. The Morgan fingerprint density at radius 1 is 1.73 bits per heavy atom. The van der Waals surface area contributed by atoms with E-state index >= 15 is 0 Å². The van der Waals surface area contributed by atoms with E-state index in [9.17, 15) is 4.79 Å². The Morgan fingerprint density at radius 3 is 2.91 bits per heavy atom. The molecule has 0 spiro atoms. The van der Waals surface area contributed by atoms with Crippen molar-refractivity contribution in [3.8, 4) is 0 Å². The summed E-state index contributed by atoms with van der Waals surface area (Å²) in [5, 5.41) is 3.69. The van der Waals surface area contributed by atoms with Crippen LogP contribution in [0.5, 0.6) is 0 Å². The number of hydrogen-bond donors (Lipinski definition) is 0. The molecule has 11 heavy (non-hydrogen) atoms. The smallest absolute Gasteiger partial charge is 0.236 e. The summed E-state index contributed by atoms with van der Waals surface area (Å²) < 4.78 is 0. The van der Waals surface area contributed by atoms with Crippen molar-refractivity contribution in [2.24, 2.45) is 0 Å². The summed E-state index contributed by atoms with van der Waals surface area (Å²) in [6, 6.07) is 0. The minimum atomic E-state index is 0.183. The van der Waals surface area contributed by atoms with E-state index in [0.29, 0.717) is 6.42 Å². The maximum absolute atomic E-state index is 11.2. The highest BCUT2D eigenvalue weighted by atomic mass is 16.2. The van der Waals surface area contributed by atoms with Crippen LogP contribution in [0.3, 0.4) is 0 Å². The summed E-state index contributed by atoms with van der Waals surface area (Å²) >= 11 is 0. The third-order valence-corrected chi connectivity index (χ3v) is 1.98. The van der Waals surface area contributed by atoms with Gasteiger partial charge in [-0.1, -0.05) is 6.92 Å². The molecule has 1 heterocycles. The van der Waals surface area contributed by atoms with Gasteiger partial charge in [-0.2, -0.15) is 0 Å². The highest BCUT2D eigenvalue weighted by Gasteiger charge is 2.19. The molecule has 1 amide bonds. The van der Waals surface area contributed by atoms with E-state index in [1.807, 2.05) is 19.0 Å². The molecule has 0 aromatic heterocycles. The Bertz CT molecular complexity index is 141. The number of amides is 1. The Labute approximate surface area is 67.9 Å². The van der Waals surface area contributed by atoms with Gasteiger partial charge in [-0.05, 0) is 12.8 Å². The molecular formula is C8H15N2O. The summed E-state index contributed by atoms with van der Waals surface area (Å²) in [7, 11) is 1.83. The standard InChI is InChI=1S/C8H15N2O/c1-3-8(11)9(2)10-6-4-5-7-10/h6H,3-5,7H2,1-2H3. The molecule has 0 unspecified atom stereocenters. The van der Waals surface area contributed by atoms with E-state index in [-0.39, 0.29) is 5.91 Å². The van der Waals surface area contributed by atoms with Crippen molar-refractivity contribution in [1.82, 2.24) is 10.0 Å². The fourth-order valence-corrected chi connectivity index (χ4v) is 1.23. The summed E-state index contributed by atoms with van der Waals surface area (Å²) in [6.07, 6.45) is 2.85. The van der Waals surface area contributed by atoms with Crippen molar-refractivity contribution >= 4 is 5.91 Å². The molecule has 1 aliphatic rings. The van der Waals surface area contributed by atoms with Crippen LogP contribution in [-0.2, 0) is 4.79 Å². The second-order valence-electron chi connectivity index (χ2n) is 2.76. The molecule has 1 saturated heterocycles. The van der Waals surface area contributed by atoms with Gasteiger partial charge in [0.1, 0.15) is 0 Å². The minimum absolute atomic E-state index is 0.183. The third kappa shape index (κ3) is 1.93. The number of carbonyl (C=O) groups is 1. The minimum Gasteiger partial charge on any atom is -0.278 e. The normalized spacial score (nSPS) is 18.7. The zero-order chi connectivity index (χ0) is 8.27. The highest BCUT2D eigenvalue weighted by molar-refractivity contribution is 5.75. The molecule has 1 radical (unpaired) electrons. The van der Waals surface area contributed by atoms with Crippen molar-refractivity contribution in [1.29, 1.82) is 0 Å². The van der Waals surface area contributed by atoms with Crippen LogP contribution >= 0.6 is 0 Å². The number of nitrogens with zero attached hydrogens (tertiary/aromatic N) is 2. The molecule has 1 rings (SSSR count). The number of carbonyl (C=O) groups excluding carboxylic acids is 1. The molecule has 3 heteroatoms. The Hall–Kier alpha value is -0.570. The molecule has 0 aliphatic carbocycles. The third-order valence-electron chi connectivity index (χ3n) is 1.98. The first kappa shape index (κ1) is 8.53. The van der Waals surface area contributed by atoms with Crippen molar-refractivity contribution in [2.45, 2.75) is 26.2 Å². The van der Waals surface area contributed by atoms with Gasteiger partial charge in [0, 0.05) is 26.6 Å². The van der Waals surface area contributed by atoms with E-state index < -0.39 is 0 Å². The van der Waals surface area contributed by atoms with Gasteiger partial charge in [0.25, 0.3) is 0 Å². The van der Waals surface area contributed by atoms with Crippen LogP contribution in [0.1, 0.15) is 26.2 Å². The predicted octanol–water partition coefficient (Wildman–Crippen LogP) is 1.03. The number of hydrogen-bond acceptors (Lipinski definition) is 2. The lowest BCUT2D eigenvalue weighted by molar-refractivity contribution is -0.141. The zero-order valence-corrected chi connectivity index (χ0v) is 7.21. The SMILES string of the molecule is CCC(=O)N(C)N1[CH]CCC1. The molecular weight excluding hydrogens is 140 g/mol. The Morgan fingerprint density at radius 2 is 2.45 bits per heavy atom. The van der Waals surface area contributed by atoms with Crippen molar-refractivity contribution < 1.29 is 4.79 Å². The maximum atomic E-state index is 11.2. The molecule has 63 valence electrons. The average molecular weight is 155 g/mol. The molecule has 0 N–H and O–H groups in total. The summed E-state index contributed by atoms with van der Waals surface area (Å²) in [4.78, 5) is 11.2. The molecule has 1 fully saturated rings. The van der Waals surface area contributed by atoms with Crippen molar-refractivity contribution in [2.75, 3.05) is 13.6 Å². The maximum Gasteiger partial charge on any atom is 0.236 e. The van der Waals surface area contributed by atoms with Gasteiger partial charge in [-0.25, -0.2) is 5.01 Å². The van der Waals surface area contributed by atoms with Crippen LogP contribution in [-0.4, -0.2) is 29.5 Å². The first-order valence-electron chi connectivity index (χ1n) is 4.12. The highest BCUT2D eigenvalue weighted by Crippen LogP contribution is 2.14. The quantitative estimate of drug-likeness (QED) is 0.594. The second kappa shape index (κ2) is 3.72.